The van der Waals surface area contributed by atoms with E-state index in [1.807, 2.05) is 12.4 Å². The fraction of sp³-hybridized carbons (Fsp3) is 0. The Hall–Kier alpha value is -6.51. The molecule has 9 aromatic rings. The molecule has 0 radical (unpaired) electrons. The Bertz CT molecular complexity index is 2690. The Labute approximate surface area is 285 Å². The first-order chi connectivity index (χ1) is 24.3. The van der Waals surface area contributed by atoms with Crippen molar-refractivity contribution in [1.82, 2.24) is 9.55 Å². The monoisotopic (exact) mass is 622 g/mol. The van der Waals surface area contributed by atoms with Gasteiger partial charge >= 0.3 is 0 Å². The Kier molecular flexibility index (Phi) is 6.22. The van der Waals surface area contributed by atoms with E-state index in [1.54, 1.807) is 0 Å². The summed E-state index contributed by atoms with van der Waals surface area (Å²) in [6.07, 6.45) is 3.86. The Balaban J connectivity index is 1.08. The quantitative estimate of drug-likeness (QED) is 0.192. The highest BCUT2D eigenvalue weighted by molar-refractivity contribution is 6.10. The number of nitrogens with zero attached hydrogens (tertiary/aromatic N) is 2. The average Bonchev–Trinajstić information content (AvgIpc) is 3.51. The van der Waals surface area contributed by atoms with Crippen LogP contribution in [0.3, 0.4) is 0 Å². The van der Waals surface area contributed by atoms with Gasteiger partial charge in [0.1, 0.15) is 0 Å². The predicted octanol–water partition coefficient (Wildman–Crippen LogP) is 12.5. The summed E-state index contributed by atoms with van der Waals surface area (Å²) in [6, 6.07) is 61.9. The van der Waals surface area contributed by atoms with Gasteiger partial charge in [0.2, 0.25) is 0 Å². The number of fused-ring (bicyclic) bond motifs is 11. The van der Waals surface area contributed by atoms with E-state index in [9.17, 15) is 0 Å². The molecule has 2 heteroatoms. The van der Waals surface area contributed by atoms with Gasteiger partial charge in [0.25, 0.3) is 0 Å². The van der Waals surface area contributed by atoms with Crippen molar-refractivity contribution in [1.29, 1.82) is 0 Å². The summed E-state index contributed by atoms with van der Waals surface area (Å²) in [5, 5.41) is 2.36. The average molecular weight is 623 g/mol. The third kappa shape index (κ3) is 4.38. The minimum Gasteiger partial charge on any atom is -0.309 e. The first-order valence-corrected chi connectivity index (χ1v) is 16.8. The molecular formula is C47H30N2. The van der Waals surface area contributed by atoms with E-state index in [0.717, 1.165) is 16.6 Å². The highest BCUT2D eigenvalue weighted by Crippen LogP contribution is 2.48. The summed E-state index contributed by atoms with van der Waals surface area (Å²) in [5.74, 6) is 0. The van der Waals surface area contributed by atoms with Crippen molar-refractivity contribution in [3.63, 3.8) is 0 Å². The Morgan fingerprint density at radius 2 is 0.776 bits per heavy atom. The second-order valence-corrected chi connectivity index (χ2v) is 12.8. The lowest BCUT2D eigenvalue weighted by molar-refractivity contribution is 1.17. The molecule has 1 aliphatic carbocycles. The van der Waals surface area contributed by atoms with Crippen molar-refractivity contribution in [3.05, 3.63) is 182 Å². The zero-order chi connectivity index (χ0) is 32.3. The number of hydrogen-bond acceptors (Lipinski definition) is 1. The number of benzene rings is 7. The minimum absolute atomic E-state index is 1.15. The van der Waals surface area contributed by atoms with Crippen LogP contribution in [0.2, 0.25) is 0 Å². The first-order valence-electron chi connectivity index (χ1n) is 16.8. The van der Waals surface area contributed by atoms with Crippen molar-refractivity contribution < 1.29 is 0 Å². The van der Waals surface area contributed by atoms with Gasteiger partial charge < -0.3 is 4.57 Å². The van der Waals surface area contributed by atoms with Crippen LogP contribution >= 0.6 is 0 Å². The molecule has 0 atom stereocenters. The minimum atomic E-state index is 1.15. The van der Waals surface area contributed by atoms with Gasteiger partial charge in [0.05, 0.1) is 11.0 Å². The number of rotatable bonds is 3. The van der Waals surface area contributed by atoms with Crippen molar-refractivity contribution >= 4 is 21.8 Å². The normalized spacial score (nSPS) is 11.7. The van der Waals surface area contributed by atoms with E-state index in [1.165, 1.54) is 77.7 Å². The second kappa shape index (κ2) is 11.0. The number of hydrogen-bond donors (Lipinski definition) is 0. The fourth-order valence-electron chi connectivity index (χ4n) is 7.80. The maximum absolute atomic E-state index is 4.48. The van der Waals surface area contributed by atoms with Gasteiger partial charge in [-0.1, -0.05) is 133 Å². The van der Waals surface area contributed by atoms with Gasteiger partial charge in [-0.25, -0.2) is 0 Å². The molecule has 228 valence electrons. The van der Waals surface area contributed by atoms with Crippen molar-refractivity contribution in [2.75, 3.05) is 0 Å². The molecule has 2 heterocycles. The molecule has 49 heavy (non-hydrogen) atoms. The van der Waals surface area contributed by atoms with E-state index in [0.29, 0.717) is 0 Å². The topological polar surface area (TPSA) is 17.8 Å². The van der Waals surface area contributed by atoms with E-state index in [-0.39, 0.29) is 0 Å². The molecule has 0 N–H and O–H groups in total. The molecule has 0 amide bonds. The summed E-state index contributed by atoms with van der Waals surface area (Å²) < 4.78 is 2.33. The van der Waals surface area contributed by atoms with Gasteiger partial charge in [0, 0.05) is 28.9 Å². The number of pyridine rings is 1. The lowest BCUT2D eigenvalue weighted by Gasteiger charge is -2.23. The maximum atomic E-state index is 4.48. The van der Waals surface area contributed by atoms with Crippen molar-refractivity contribution in [3.8, 4) is 72.4 Å². The molecule has 10 rings (SSSR count). The zero-order valence-electron chi connectivity index (χ0n) is 26.7. The molecule has 0 fully saturated rings. The van der Waals surface area contributed by atoms with Crippen LogP contribution in [0.5, 0.6) is 0 Å². The van der Waals surface area contributed by atoms with Crippen LogP contribution in [-0.4, -0.2) is 9.55 Å². The second-order valence-electron chi connectivity index (χ2n) is 12.8. The van der Waals surface area contributed by atoms with Crippen molar-refractivity contribution in [2.24, 2.45) is 0 Å². The summed E-state index contributed by atoms with van der Waals surface area (Å²) >= 11 is 0. The predicted molar refractivity (Wildman–Crippen MR) is 205 cm³/mol. The Morgan fingerprint density at radius 3 is 1.37 bits per heavy atom. The molecule has 0 spiro atoms. The van der Waals surface area contributed by atoms with Crippen LogP contribution in [0, 0.1) is 0 Å². The molecule has 0 bridgehead atoms. The van der Waals surface area contributed by atoms with E-state index >= 15 is 0 Å². The number of aromatic nitrogens is 2. The summed E-state index contributed by atoms with van der Waals surface area (Å²) in [6.45, 7) is 0. The van der Waals surface area contributed by atoms with Gasteiger partial charge in [0.15, 0.2) is 0 Å². The molecule has 2 nitrogen and oxygen atoms in total. The smallest absolute Gasteiger partial charge is 0.0571 e. The summed E-state index contributed by atoms with van der Waals surface area (Å²) in [4.78, 5) is 4.48. The molecule has 7 aromatic carbocycles. The van der Waals surface area contributed by atoms with Gasteiger partial charge in [-0.3, -0.25) is 4.98 Å². The standard InChI is InChI=1S/C47H30N2/c1-2-10-35(11-3-1)49-46-25-23-34(29-44(46)45-30-48-27-26-47(45)49)32-20-18-31(19-21-32)33-22-24-42-40-16-7-6-14-38(40)36-12-4-5-13-37(36)39-15-8-9-17-41(39)43(42)28-33/h1-30H. The third-order valence-electron chi connectivity index (χ3n) is 10.1. The van der Waals surface area contributed by atoms with Crippen LogP contribution in [-0.2, 0) is 0 Å². The highest BCUT2D eigenvalue weighted by atomic mass is 15.0. The maximum Gasteiger partial charge on any atom is 0.0571 e. The lowest BCUT2D eigenvalue weighted by Crippen LogP contribution is -1.97. The number of para-hydroxylation sites is 1. The molecule has 0 unspecified atom stereocenters. The highest BCUT2D eigenvalue weighted by Gasteiger charge is 2.22. The largest absolute Gasteiger partial charge is 0.309 e. The fourth-order valence-corrected chi connectivity index (χ4v) is 7.80. The van der Waals surface area contributed by atoms with Crippen LogP contribution in [0.15, 0.2) is 182 Å². The summed E-state index contributed by atoms with van der Waals surface area (Å²) in [7, 11) is 0. The van der Waals surface area contributed by atoms with Crippen molar-refractivity contribution in [2.45, 2.75) is 0 Å². The zero-order valence-corrected chi connectivity index (χ0v) is 26.7. The third-order valence-corrected chi connectivity index (χ3v) is 10.1. The Morgan fingerprint density at radius 1 is 0.327 bits per heavy atom. The van der Waals surface area contributed by atoms with E-state index in [4.69, 9.17) is 0 Å². The van der Waals surface area contributed by atoms with Gasteiger partial charge in [-0.15, -0.1) is 0 Å². The van der Waals surface area contributed by atoms with Crippen LogP contribution < -0.4 is 0 Å². The summed E-state index contributed by atoms with van der Waals surface area (Å²) in [5.41, 5.74) is 18.4. The SMILES string of the molecule is c1ccc(-n2c3ccncc3c3cc(-c4ccc(-c5ccc6c(c5)-c5ccccc5-c5ccccc5-c5ccccc5-6)cc4)ccc32)cc1. The van der Waals surface area contributed by atoms with E-state index < -0.39 is 0 Å². The van der Waals surface area contributed by atoms with Crippen LogP contribution in [0.1, 0.15) is 0 Å². The molecular weight excluding hydrogens is 593 g/mol. The first kappa shape index (κ1) is 27.6. The molecule has 0 aliphatic heterocycles. The van der Waals surface area contributed by atoms with E-state index in [2.05, 4.69) is 179 Å². The van der Waals surface area contributed by atoms with Gasteiger partial charge in [-0.2, -0.15) is 0 Å². The molecule has 0 saturated carbocycles. The molecule has 2 aromatic heterocycles. The van der Waals surface area contributed by atoms with Gasteiger partial charge in [-0.05, 0) is 103 Å². The van der Waals surface area contributed by atoms with Crippen LogP contribution in [0.25, 0.3) is 94.3 Å². The molecule has 1 aliphatic rings. The lowest BCUT2D eigenvalue weighted by atomic mass is 9.80. The van der Waals surface area contributed by atoms with Crippen LogP contribution in [0.4, 0.5) is 0 Å². The molecule has 0 saturated heterocycles.